The molecule has 100 valence electrons. The molecule has 0 radical (unpaired) electrons. The van der Waals surface area contributed by atoms with Crippen molar-refractivity contribution in [1.82, 2.24) is 0 Å². The zero-order chi connectivity index (χ0) is 14.5. The Morgan fingerprint density at radius 3 is 2.70 bits per heavy atom. The summed E-state index contributed by atoms with van der Waals surface area (Å²) in [5, 5.41) is 19.7. The number of benzene rings is 2. The van der Waals surface area contributed by atoms with E-state index in [1.54, 1.807) is 24.3 Å². The predicted molar refractivity (Wildman–Crippen MR) is 68.5 cm³/mol. The maximum absolute atomic E-state index is 13.6. The van der Waals surface area contributed by atoms with E-state index >= 15 is 0 Å². The lowest BCUT2D eigenvalue weighted by atomic mass is 10.1. The van der Waals surface area contributed by atoms with Crippen LogP contribution in [0, 0.1) is 27.3 Å². The van der Waals surface area contributed by atoms with Crippen molar-refractivity contribution in [1.29, 1.82) is 5.26 Å². The van der Waals surface area contributed by atoms with E-state index in [1.807, 2.05) is 6.07 Å². The van der Waals surface area contributed by atoms with E-state index in [0.29, 0.717) is 11.1 Å². The summed E-state index contributed by atoms with van der Waals surface area (Å²) in [7, 11) is 0. The molecule has 0 amide bonds. The van der Waals surface area contributed by atoms with Gasteiger partial charge in [-0.2, -0.15) is 5.26 Å². The second-order valence-electron chi connectivity index (χ2n) is 3.90. The zero-order valence-electron chi connectivity index (χ0n) is 10.2. The van der Waals surface area contributed by atoms with Crippen molar-refractivity contribution in [3.8, 4) is 11.8 Å². The van der Waals surface area contributed by atoms with Crippen LogP contribution in [0.5, 0.6) is 5.75 Å². The summed E-state index contributed by atoms with van der Waals surface area (Å²) in [6, 6.07) is 12.1. The van der Waals surface area contributed by atoms with E-state index in [1.165, 1.54) is 6.07 Å². The van der Waals surface area contributed by atoms with Crippen molar-refractivity contribution < 1.29 is 14.1 Å². The van der Waals surface area contributed by atoms with Crippen LogP contribution in [-0.2, 0) is 6.61 Å². The fourth-order valence-electron chi connectivity index (χ4n) is 1.69. The van der Waals surface area contributed by atoms with Gasteiger partial charge in [0.1, 0.15) is 6.61 Å². The second-order valence-corrected chi connectivity index (χ2v) is 3.90. The van der Waals surface area contributed by atoms with Crippen LogP contribution in [0.2, 0.25) is 0 Å². The first-order chi connectivity index (χ1) is 9.63. The molecule has 20 heavy (non-hydrogen) atoms. The number of hydrogen-bond acceptors (Lipinski definition) is 4. The maximum atomic E-state index is 13.6. The number of ether oxygens (including phenoxy) is 1. The van der Waals surface area contributed by atoms with Crippen molar-refractivity contribution in [2.24, 2.45) is 0 Å². The van der Waals surface area contributed by atoms with Gasteiger partial charge in [0.2, 0.25) is 5.75 Å². The lowest BCUT2D eigenvalue weighted by molar-refractivity contribution is -0.386. The van der Waals surface area contributed by atoms with Gasteiger partial charge in [-0.3, -0.25) is 10.1 Å². The first-order valence-corrected chi connectivity index (χ1v) is 5.67. The Bertz CT molecular complexity index is 695. The van der Waals surface area contributed by atoms with Crippen molar-refractivity contribution in [2.45, 2.75) is 6.61 Å². The Morgan fingerprint density at radius 1 is 1.25 bits per heavy atom. The molecule has 6 heteroatoms. The summed E-state index contributed by atoms with van der Waals surface area (Å²) in [6.45, 7) is -0.120. The number of hydrogen-bond donors (Lipinski definition) is 0. The van der Waals surface area contributed by atoms with Crippen LogP contribution in [0.3, 0.4) is 0 Å². The monoisotopic (exact) mass is 272 g/mol. The predicted octanol–water partition coefficient (Wildman–Crippen LogP) is 3.18. The molecule has 0 fully saturated rings. The van der Waals surface area contributed by atoms with Crippen LogP contribution in [0.25, 0.3) is 0 Å². The van der Waals surface area contributed by atoms with Crippen LogP contribution in [0.1, 0.15) is 11.1 Å². The summed E-state index contributed by atoms with van der Waals surface area (Å²) in [5.74, 6) is -1.24. The molecule has 0 N–H and O–H groups in total. The zero-order valence-corrected chi connectivity index (χ0v) is 10.2. The minimum atomic E-state index is -0.811. The molecule has 0 aliphatic carbocycles. The van der Waals surface area contributed by atoms with E-state index in [9.17, 15) is 14.5 Å². The second kappa shape index (κ2) is 5.80. The first kappa shape index (κ1) is 13.5. The third kappa shape index (κ3) is 2.72. The number of nitro benzene ring substituents is 1. The molecule has 2 rings (SSSR count). The highest BCUT2D eigenvalue weighted by Gasteiger charge is 2.19. The molecular formula is C14H9FN2O3. The highest BCUT2D eigenvalue weighted by molar-refractivity contribution is 5.47. The van der Waals surface area contributed by atoms with Crippen LogP contribution < -0.4 is 4.74 Å². The molecular weight excluding hydrogens is 263 g/mol. The minimum absolute atomic E-state index is 0.120. The molecule has 0 atom stereocenters. The Kier molecular flexibility index (Phi) is 3.91. The van der Waals surface area contributed by atoms with Gasteiger partial charge in [0.05, 0.1) is 16.6 Å². The van der Waals surface area contributed by atoms with Gasteiger partial charge in [-0.25, -0.2) is 4.39 Å². The summed E-state index contributed by atoms with van der Waals surface area (Å²) in [5.41, 5.74) is 0.471. The van der Waals surface area contributed by atoms with Gasteiger partial charge in [0.15, 0.2) is 5.82 Å². The molecule has 2 aromatic carbocycles. The number of para-hydroxylation sites is 1. The molecule has 0 saturated heterocycles. The van der Waals surface area contributed by atoms with Crippen molar-refractivity contribution in [3.63, 3.8) is 0 Å². The third-order valence-corrected chi connectivity index (χ3v) is 2.65. The van der Waals surface area contributed by atoms with Gasteiger partial charge < -0.3 is 4.74 Å². The molecule has 0 aromatic heterocycles. The molecule has 0 heterocycles. The average molecular weight is 272 g/mol. The smallest absolute Gasteiger partial charge is 0.314 e. The summed E-state index contributed by atoms with van der Waals surface area (Å²) < 4.78 is 18.8. The van der Waals surface area contributed by atoms with Crippen LogP contribution in [0.15, 0.2) is 42.5 Å². The normalized spacial score (nSPS) is 9.80. The largest absolute Gasteiger partial charge is 0.480 e. The van der Waals surface area contributed by atoms with Gasteiger partial charge in [0, 0.05) is 11.6 Å². The highest BCUT2D eigenvalue weighted by atomic mass is 19.1. The molecule has 0 bridgehead atoms. The number of nitro groups is 1. The van der Waals surface area contributed by atoms with Crippen LogP contribution in [-0.4, -0.2) is 4.92 Å². The summed E-state index contributed by atoms with van der Waals surface area (Å²) in [6.07, 6.45) is 0. The van der Waals surface area contributed by atoms with Gasteiger partial charge in [-0.05, 0) is 12.1 Å². The van der Waals surface area contributed by atoms with Crippen LogP contribution in [0.4, 0.5) is 10.1 Å². The standard InChI is InChI=1S/C14H9FN2O3/c15-12-6-3-7-13(17(18)19)14(12)20-9-11-5-2-1-4-10(11)8-16/h1-7H,9H2. The average Bonchev–Trinajstić information content (AvgIpc) is 2.46. The molecule has 5 nitrogen and oxygen atoms in total. The molecule has 0 unspecified atom stereocenters. The van der Waals surface area contributed by atoms with Crippen molar-refractivity contribution in [2.75, 3.05) is 0 Å². The van der Waals surface area contributed by atoms with E-state index in [2.05, 4.69) is 0 Å². The number of nitriles is 1. The topological polar surface area (TPSA) is 76.2 Å². The molecule has 0 aliphatic heterocycles. The molecule has 2 aromatic rings. The maximum Gasteiger partial charge on any atom is 0.314 e. The van der Waals surface area contributed by atoms with E-state index < -0.39 is 22.2 Å². The molecule has 0 spiro atoms. The molecule has 0 saturated carbocycles. The van der Waals surface area contributed by atoms with E-state index in [0.717, 1.165) is 12.1 Å². The van der Waals surface area contributed by atoms with Crippen molar-refractivity contribution >= 4 is 5.69 Å². The molecule has 0 aliphatic rings. The SMILES string of the molecule is N#Cc1ccccc1COc1c(F)cccc1[N+](=O)[O-]. The van der Waals surface area contributed by atoms with Gasteiger partial charge >= 0.3 is 5.69 Å². The Labute approximate surface area is 114 Å². The number of nitrogens with zero attached hydrogens (tertiary/aromatic N) is 2. The fraction of sp³-hybridized carbons (Fsp3) is 0.0714. The van der Waals surface area contributed by atoms with Gasteiger partial charge in [0.25, 0.3) is 0 Å². The lowest BCUT2D eigenvalue weighted by Gasteiger charge is -2.08. The Balaban J connectivity index is 2.28. The number of rotatable bonds is 4. The van der Waals surface area contributed by atoms with Gasteiger partial charge in [-0.1, -0.05) is 24.3 Å². The fourth-order valence-corrected chi connectivity index (χ4v) is 1.69. The Morgan fingerprint density at radius 2 is 2.00 bits per heavy atom. The van der Waals surface area contributed by atoms with Crippen LogP contribution >= 0.6 is 0 Å². The first-order valence-electron chi connectivity index (χ1n) is 5.67. The highest BCUT2D eigenvalue weighted by Crippen LogP contribution is 2.30. The minimum Gasteiger partial charge on any atom is -0.480 e. The quantitative estimate of drug-likeness (QED) is 0.632. The van der Waals surface area contributed by atoms with E-state index in [4.69, 9.17) is 10.00 Å². The van der Waals surface area contributed by atoms with Crippen molar-refractivity contribution in [3.05, 3.63) is 69.5 Å². The lowest BCUT2D eigenvalue weighted by Crippen LogP contribution is -2.02. The summed E-state index contributed by atoms with van der Waals surface area (Å²) in [4.78, 5) is 10.1. The van der Waals surface area contributed by atoms with Gasteiger partial charge in [-0.15, -0.1) is 0 Å². The Hall–Kier alpha value is -2.94. The number of halogens is 1. The summed E-state index contributed by atoms with van der Waals surface area (Å²) >= 11 is 0. The third-order valence-electron chi connectivity index (χ3n) is 2.65. The van der Waals surface area contributed by atoms with E-state index in [-0.39, 0.29) is 6.61 Å².